The Morgan fingerprint density at radius 2 is 1.87 bits per heavy atom. The lowest BCUT2D eigenvalue weighted by atomic mass is 9.71. The Kier molecular flexibility index (Phi) is 7.43. The second kappa shape index (κ2) is 10.8. The van der Waals surface area contributed by atoms with Crippen LogP contribution in [-0.2, 0) is 27.2 Å². The molecule has 1 saturated carbocycles. The quantitative estimate of drug-likeness (QED) is 0.464. The highest BCUT2D eigenvalue weighted by molar-refractivity contribution is 5.90. The van der Waals surface area contributed by atoms with Crippen molar-refractivity contribution in [1.82, 2.24) is 15.5 Å². The van der Waals surface area contributed by atoms with Crippen LogP contribution in [0.4, 0.5) is 0 Å². The van der Waals surface area contributed by atoms with Crippen LogP contribution in [-0.4, -0.2) is 66.1 Å². The second-order valence-corrected chi connectivity index (χ2v) is 10.8. The summed E-state index contributed by atoms with van der Waals surface area (Å²) >= 11 is 0. The molecule has 1 saturated heterocycles. The minimum absolute atomic E-state index is 0.0894. The largest absolute Gasteiger partial charge is 0.483 e. The van der Waals surface area contributed by atoms with Gasteiger partial charge in [-0.05, 0) is 68.7 Å². The number of nitrogens with zero attached hydrogens (tertiary/aromatic N) is 1. The van der Waals surface area contributed by atoms with E-state index < -0.39 is 17.4 Å². The summed E-state index contributed by atoms with van der Waals surface area (Å²) in [6.45, 7) is 2.11. The average molecular weight is 526 g/mol. The van der Waals surface area contributed by atoms with Gasteiger partial charge in [-0.25, -0.2) is 4.79 Å². The number of rotatable bonds is 7. The van der Waals surface area contributed by atoms with E-state index in [4.69, 9.17) is 9.15 Å². The van der Waals surface area contributed by atoms with Gasteiger partial charge in [-0.15, -0.1) is 0 Å². The summed E-state index contributed by atoms with van der Waals surface area (Å²) in [5, 5.41) is 16.6. The monoisotopic (exact) mass is 525 g/mol. The zero-order valence-corrected chi connectivity index (χ0v) is 21.8. The molecule has 5 rings (SSSR count). The van der Waals surface area contributed by atoms with Crippen LogP contribution < -0.4 is 21.0 Å². The summed E-state index contributed by atoms with van der Waals surface area (Å²) in [7, 11) is 0. The fourth-order valence-electron chi connectivity index (χ4n) is 6.14. The van der Waals surface area contributed by atoms with Gasteiger partial charge in [0.15, 0.2) is 6.61 Å². The van der Waals surface area contributed by atoms with Crippen molar-refractivity contribution >= 4 is 28.7 Å². The van der Waals surface area contributed by atoms with Gasteiger partial charge in [0.2, 0.25) is 11.8 Å². The molecule has 2 aliphatic carbocycles. The van der Waals surface area contributed by atoms with E-state index in [-0.39, 0.29) is 37.1 Å². The number of piperidine rings is 1. The van der Waals surface area contributed by atoms with Crippen LogP contribution in [0.1, 0.15) is 55.2 Å². The highest BCUT2D eigenvalue weighted by atomic mass is 16.5. The molecule has 1 aliphatic heterocycles. The molecule has 204 valence electrons. The molecule has 2 aromatic rings. The predicted molar refractivity (Wildman–Crippen MR) is 139 cm³/mol. The number of hydrogen-bond acceptors (Lipinski definition) is 7. The van der Waals surface area contributed by atoms with E-state index in [1.54, 1.807) is 17.0 Å². The van der Waals surface area contributed by atoms with Crippen molar-refractivity contribution in [2.75, 3.05) is 32.8 Å². The first-order chi connectivity index (χ1) is 18.2. The maximum atomic E-state index is 12.6. The third kappa shape index (κ3) is 5.41. The van der Waals surface area contributed by atoms with Crippen LogP contribution >= 0.6 is 0 Å². The molecule has 10 heteroatoms. The van der Waals surface area contributed by atoms with Gasteiger partial charge in [0.25, 0.3) is 5.91 Å². The lowest BCUT2D eigenvalue weighted by Gasteiger charge is -2.47. The Morgan fingerprint density at radius 1 is 1.08 bits per heavy atom. The molecule has 2 heterocycles. The number of carbonyl (C=O) groups is 3. The number of amides is 3. The van der Waals surface area contributed by atoms with Crippen molar-refractivity contribution in [3.63, 3.8) is 0 Å². The number of benzene rings is 1. The SMILES string of the molecule is Cc1cc(OCC(=O)NCC(=O)NCC(=O)N2CC[C@@]3(O)CCCC[C@@H]3C2)c2c3c(c(=O)oc2c1)CCC3. The summed E-state index contributed by atoms with van der Waals surface area (Å²) in [5.41, 5.74) is 1.87. The fraction of sp³-hybridized carbons (Fsp3) is 0.571. The van der Waals surface area contributed by atoms with Gasteiger partial charge in [-0.2, -0.15) is 0 Å². The summed E-state index contributed by atoms with van der Waals surface area (Å²) in [6.07, 6.45) is 6.64. The minimum atomic E-state index is -0.664. The zero-order chi connectivity index (χ0) is 26.9. The Hall–Kier alpha value is -3.40. The van der Waals surface area contributed by atoms with Crippen LogP contribution in [0, 0.1) is 12.8 Å². The van der Waals surface area contributed by atoms with Crippen molar-refractivity contribution in [2.24, 2.45) is 5.92 Å². The fourth-order valence-corrected chi connectivity index (χ4v) is 6.14. The van der Waals surface area contributed by atoms with Crippen molar-refractivity contribution in [3.8, 4) is 5.75 Å². The molecule has 10 nitrogen and oxygen atoms in total. The van der Waals surface area contributed by atoms with Crippen molar-refractivity contribution in [3.05, 3.63) is 39.2 Å². The summed E-state index contributed by atoms with van der Waals surface area (Å²) in [5.74, 6) is -0.586. The standard InChI is InChI=1S/C28H35N3O7/c1-17-11-21(26-19-6-4-7-20(19)27(35)38-22(26)12-17)37-16-24(33)29-13-23(32)30-14-25(34)31-10-9-28(36)8-3-2-5-18(28)15-31/h11-12,18,36H,2-10,13-16H2,1H3,(H,29,33)(H,30,32)/t18-,28+/m1/s1. The van der Waals surface area contributed by atoms with Crippen LogP contribution in [0.15, 0.2) is 21.3 Å². The zero-order valence-electron chi connectivity index (χ0n) is 21.8. The van der Waals surface area contributed by atoms with Gasteiger partial charge < -0.3 is 29.8 Å². The highest BCUT2D eigenvalue weighted by Crippen LogP contribution is 2.39. The Balaban J connectivity index is 1.09. The summed E-state index contributed by atoms with van der Waals surface area (Å²) < 4.78 is 11.3. The molecule has 0 radical (unpaired) electrons. The van der Waals surface area contributed by atoms with E-state index in [2.05, 4.69) is 10.6 Å². The van der Waals surface area contributed by atoms with E-state index >= 15 is 0 Å². The molecular formula is C28H35N3O7. The second-order valence-electron chi connectivity index (χ2n) is 10.8. The van der Waals surface area contributed by atoms with Gasteiger partial charge in [-0.1, -0.05) is 12.8 Å². The molecule has 1 aromatic carbocycles. The van der Waals surface area contributed by atoms with E-state index in [1.807, 2.05) is 6.92 Å². The highest BCUT2D eigenvalue weighted by Gasteiger charge is 2.43. The first-order valence-electron chi connectivity index (χ1n) is 13.5. The topological polar surface area (TPSA) is 138 Å². The molecule has 0 bridgehead atoms. The van der Waals surface area contributed by atoms with Gasteiger partial charge in [-0.3, -0.25) is 14.4 Å². The Labute approximate surface area is 220 Å². The van der Waals surface area contributed by atoms with Gasteiger partial charge in [0.05, 0.1) is 24.1 Å². The van der Waals surface area contributed by atoms with Gasteiger partial charge >= 0.3 is 5.63 Å². The average Bonchev–Trinajstić information content (AvgIpc) is 3.39. The number of aryl methyl sites for hydroxylation is 2. The number of fused-ring (bicyclic) bond motifs is 4. The van der Waals surface area contributed by atoms with E-state index in [0.29, 0.717) is 42.8 Å². The van der Waals surface area contributed by atoms with E-state index in [0.717, 1.165) is 55.0 Å². The first kappa shape index (κ1) is 26.2. The number of aliphatic hydroxyl groups is 1. The van der Waals surface area contributed by atoms with Crippen LogP contribution in [0.5, 0.6) is 5.75 Å². The molecule has 38 heavy (non-hydrogen) atoms. The predicted octanol–water partition coefficient (Wildman–Crippen LogP) is 1.35. The third-order valence-electron chi connectivity index (χ3n) is 8.20. The number of ether oxygens (including phenoxy) is 1. The molecule has 3 amide bonds. The van der Waals surface area contributed by atoms with Crippen molar-refractivity contribution in [2.45, 2.75) is 63.9 Å². The molecule has 0 spiro atoms. The van der Waals surface area contributed by atoms with E-state index in [9.17, 15) is 24.3 Å². The first-order valence-corrected chi connectivity index (χ1v) is 13.5. The molecular weight excluding hydrogens is 490 g/mol. The Bertz CT molecular complexity index is 1320. The normalized spacial score (nSPS) is 22.5. The molecule has 0 unspecified atom stereocenters. The maximum Gasteiger partial charge on any atom is 0.339 e. The maximum absolute atomic E-state index is 12.6. The number of hydrogen-bond donors (Lipinski definition) is 3. The summed E-state index contributed by atoms with van der Waals surface area (Å²) in [4.78, 5) is 51.2. The molecule has 3 N–H and O–H groups in total. The number of nitrogens with one attached hydrogen (secondary N) is 2. The smallest absolute Gasteiger partial charge is 0.339 e. The number of likely N-dealkylation sites (tertiary alicyclic amines) is 1. The Morgan fingerprint density at radius 3 is 2.71 bits per heavy atom. The molecule has 3 aliphatic rings. The van der Waals surface area contributed by atoms with E-state index in [1.165, 1.54) is 0 Å². The summed E-state index contributed by atoms with van der Waals surface area (Å²) in [6, 6.07) is 3.59. The van der Waals surface area contributed by atoms with Crippen LogP contribution in [0.3, 0.4) is 0 Å². The molecule has 2 atom stereocenters. The molecule has 2 fully saturated rings. The number of carbonyl (C=O) groups excluding carboxylic acids is 3. The van der Waals surface area contributed by atoms with Crippen molar-refractivity contribution < 1.29 is 28.6 Å². The molecule has 1 aromatic heterocycles. The van der Waals surface area contributed by atoms with Gasteiger partial charge in [0.1, 0.15) is 11.3 Å². The lowest BCUT2D eigenvalue weighted by Crippen LogP contribution is -2.56. The minimum Gasteiger partial charge on any atom is -0.483 e. The third-order valence-corrected chi connectivity index (χ3v) is 8.20. The van der Waals surface area contributed by atoms with Crippen LogP contribution in [0.2, 0.25) is 0 Å². The van der Waals surface area contributed by atoms with Crippen molar-refractivity contribution in [1.29, 1.82) is 0 Å². The van der Waals surface area contributed by atoms with Gasteiger partial charge in [0, 0.05) is 24.6 Å². The lowest BCUT2D eigenvalue weighted by molar-refractivity contribution is -0.143. The van der Waals surface area contributed by atoms with Crippen LogP contribution in [0.25, 0.3) is 11.0 Å².